The summed E-state index contributed by atoms with van der Waals surface area (Å²) in [6.07, 6.45) is 0. The second-order valence-corrected chi connectivity index (χ2v) is 24.7. The Bertz CT molecular complexity index is 957. The van der Waals surface area contributed by atoms with Crippen LogP contribution < -0.4 is 19.2 Å². The van der Waals surface area contributed by atoms with E-state index < -0.39 is 33.6 Å². The number of nitrogens with zero attached hydrogens (tertiary/aromatic N) is 4. The summed E-state index contributed by atoms with van der Waals surface area (Å²) >= 11 is 0. The van der Waals surface area contributed by atoms with Gasteiger partial charge >= 0.3 is 0 Å². The first-order chi connectivity index (χ1) is 18.6. The molecule has 0 radical (unpaired) electrons. The van der Waals surface area contributed by atoms with Gasteiger partial charge in [0, 0.05) is 39.3 Å². The van der Waals surface area contributed by atoms with Crippen LogP contribution in [0.1, 0.15) is 125 Å². The third kappa shape index (κ3) is 8.76. The van der Waals surface area contributed by atoms with Gasteiger partial charge in [-0.1, -0.05) is 6.07 Å². The van der Waals surface area contributed by atoms with E-state index >= 15 is 0 Å². The Morgan fingerprint density at radius 1 is 0.476 bits per heavy atom. The molecule has 0 unspecified atom stereocenters. The minimum absolute atomic E-state index is 0.00206. The molecule has 0 spiro atoms. The Morgan fingerprint density at radius 3 is 0.952 bits per heavy atom. The molecule has 0 atom stereocenters. The fourth-order valence-electron chi connectivity index (χ4n) is 4.43. The Kier molecular flexibility index (Phi) is 10.6. The average Bonchev–Trinajstić information content (AvgIpc) is 2.65. The SMILES string of the molecule is CC(C)(C)NP1N(C(C)(C)C)P(Oc2cccc(OP3N(C(C)(C)C)P(NC(C)(C)C)N3C(C)(C)C)c2)N1C(C)(C)C. The van der Waals surface area contributed by atoms with Crippen LogP contribution in [-0.4, -0.2) is 51.0 Å². The second kappa shape index (κ2) is 12.2. The van der Waals surface area contributed by atoms with E-state index in [0.717, 1.165) is 11.5 Å². The molecule has 2 aliphatic rings. The monoisotopic (exact) mass is 660 g/mol. The van der Waals surface area contributed by atoms with Crippen LogP contribution >= 0.6 is 33.6 Å². The standard InChI is InChI=1S/C30H60N6O2P4/c1-25(2,3)31-39-33(27(7,8)9)41(34(39)28(10,11)12)37-23-20-19-21-24(22-23)38-42-35(29(13,14)15)40(32-26(4,5)6)36(42)30(16,17)18/h19-22,31-32H,1-18H3. The molecule has 2 saturated heterocycles. The minimum Gasteiger partial charge on any atom is -0.444 e. The molecule has 12 heteroatoms. The fourth-order valence-corrected chi connectivity index (χ4v) is 16.1. The molecule has 1 aromatic carbocycles. The molecule has 2 heterocycles. The third-order valence-electron chi connectivity index (χ3n) is 5.82. The van der Waals surface area contributed by atoms with Gasteiger partial charge in [-0.3, -0.25) is 10.2 Å². The molecule has 2 fully saturated rings. The number of hydrogen-bond donors (Lipinski definition) is 2. The molecule has 1 aromatic rings. The average molecular weight is 661 g/mol. The highest BCUT2D eigenvalue weighted by Gasteiger charge is 2.61. The number of nitrogens with one attached hydrogen (secondary N) is 2. The Morgan fingerprint density at radius 2 is 0.738 bits per heavy atom. The van der Waals surface area contributed by atoms with E-state index in [1.54, 1.807) is 0 Å². The Hall–Kier alpha value is 0.300. The van der Waals surface area contributed by atoms with E-state index in [1.165, 1.54) is 0 Å². The fraction of sp³-hybridized carbons (Fsp3) is 0.800. The van der Waals surface area contributed by atoms with Gasteiger partial charge in [-0.25, -0.2) is 0 Å². The lowest BCUT2D eigenvalue weighted by Crippen LogP contribution is -2.58. The maximum atomic E-state index is 6.91. The van der Waals surface area contributed by atoms with Gasteiger partial charge in [0.2, 0.25) is 0 Å². The van der Waals surface area contributed by atoms with Gasteiger partial charge in [0.1, 0.15) is 28.2 Å². The van der Waals surface area contributed by atoms with Crippen LogP contribution in [-0.2, 0) is 0 Å². The highest BCUT2D eigenvalue weighted by Crippen LogP contribution is 2.81. The molecule has 0 aliphatic carbocycles. The predicted octanol–water partition coefficient (Wildman–Crippen LogP) is 10.6. The lowest BCUT2D eigenvalue weighted by Gasteiger charge is -2.63. The molecule has 42 heavy (non-hydrogen) atoms. The second-order valence-electron chi connectivity index (χ2n) is 17.3. The van der Waals surface area contributed by atoms with Crippen molar-refractivity contribution >= 4 is 33.6 Å². The van der Waals surface area contributed by atoms with E-state index in [4.69, 9.17) is 9.05 Å². The molecular formula is C30H60N6O2P4. The topological polar surface area (TPSA) is 55.5 Å². The zero-order valence-electron chi connectivity index (χ0n) is 29.7. The Labute approximate surface area is 263 Å². The first-order valence-corrected chi connectivity index (χ1v) is 19.9. The Balaban J connectivity index is 1.92. The number of rotatable bonds is 6. The molecule has 0 saturated carbocycles. The van der Waals surface area contributed by atoms with Crippen LogP contribution in [0, 0.1) is 0 Å². The summed E-state index contributed by atoms with van der Waals surface area (Å²) in [5.74, 6) is 1.70. The first kappa shape index (κ1) is 36.8. The summed E-state index contributed by atoms with van der Waals surface area (Å²) in [7, 11) is -3.47. The molecule has 2 N–H and O–H groups in total. The van der Waals surface area contributed by atoms with Gasteiger partial charge in [0.05, 0.1) is 0 Å². The van der Waals surface area contributed by atoms with Gasteiger partial charge in [-0.2, -0.15) is 17.8 Å². The van der Waals surface area contributed by atoms with Crippen LogP contribution in [0.2, 0.25) is 0 Å². The number of benzene rings is 1. The van der Waals surface area contributed by atoms with E-state index in [1.807, 2.05) is 0 Å². The van der Waals surface area contributed by atoms with Gasteiger partial charge in [0.25, 0.3) is 16.9 Å². The van der Waals surface area contributed by atoms with Crippen molar-refractivity contribution in [1.29, 1.82) is 0 Å². The van der Waals surface area contributed by atoms with Crippen LogP contribution in [0.25, 0.3) is 0 Å². The van der Waals surface area contributed by atoms with Crippen molar-refractivity contribution < 1.29 is 9.05 Å². The van der Waals surface area contributed by atoms with Crippen LogP contribution in [0.3, 0.4) is 0 Å². The highest BCUT2D eigenvalue weighted by molar-refractivity contribution is 7.80. The summed E-state index contributed by atoms with van der Waals surface area (Å²) in [6.45, 7) is 40.9. The summed E-state index contributed by atoms with van der Waals surface area (Å²) in [4.78, 5) is 0. The molecule has 0 bridgehead atoms. The first-order valence-electron chi connectivity index (χ1n) is 15.0. The maximum absolute atomic E-state index is 6.91. The predicted molar refractivity (Wildman–Crippen MR) is 188 cm³/mol. The summed E-state index contributed by atoms with van der Waals surface area (Å²) < 4.78 is 24.1. The number of hydrogen-bond acceptors (Lipinski definition) is 8. The van der Waals surface area contributed by atoms with Crippen molar-refractivity contribution in [2.75, 3.05) is 0 Å². The lowest BCUT2D eigenvalue weighted by atomic mass is 10.1. The zero-order chi connectivity index (χ0) is 32.4. The van der Waals surface area contributed by atoms with E-state index in [0.29, 0.717) is 0 Å². The maximum Gasteiger partial charge on any atom is 0.260 e. The van der Waals surface area contributed by atoms with E-state index in [9.17, 15) is 0 Å². The molecule has 3 rings (SSSR count). The molecule has 0 aromatic heterocycles. The normalized spacial score (nSPS) is 26.1. The molecule has 0 amide bonds. The molecule has 8 nitrogen and oxygen atoms in total. The molecular weight excluding hydrogens is 600 g/mol. The minimum atomic E-state index is -1.01. The summed E-state index contributed by atoms with van der Waals surface area (Å²) in [5.41, 5.74) is -0.177. The summed E-state index contributed by atoms with van der Waals surface area (Å²) in [5, 5.41) is 7.82. The van der Waals surface area contributed by atoms with Crippen LogP contribution in [0.5, 0.6) is 11.5 Å². The van der Waals surface area contributed by atoms with Crippen molar-refractivity contribution in [3.05, 3.63) is 24.3 Å². The van der Waals surface area contributed by atoms with Crippen LogP contribution in [0.15, 0.2) is 24.3 Å². The van der Waals surface area contributed by atoms with Gasteiger partial charge in [0.15, 0.2) is 0 Å². The lowest BCUT2D eigenvalue weighted by molar-refractivity contribution is 0.242. The largest absolute Gasteiger partial charge is 0.444 e. The van der Waals surface area contributed by atoms with Crippen molar-refractivity contribution in [3.8, 4) is 11.5 Å². The molecule has 242 valence electrons. The van der Waals surface area contributed by atoms with E-state index in [-0.39, 0.29) is 33.2 Å². The third-order valence-corrected chi connectivity index (χ3v) is 19.7. The quantitative estimate of drug-likeness (QED) is 0.293. The highest BCUT2D eigenvalue weighted by atomic mass is 31.3. The van der Waals surface area contributed by atoms with Crippen molar-refractivity contribution in [1.82, 2.24) is 27.9 Å². The van der Waals surface area contributed by atoms with Crippen molar-refractivity contribution in [2.24, 2.45) is 0 Å². The summed E-state index contributed by atoms with van der Waals surface area (Å²) in [6, 6.07) is 8.29. The zero-order valence-corrected chi connectivity index (χ0v) is 33.3. The van der Waals surface area contributed by atoms with Crippen molar-refractivity contribution in [2.45, 2.75) is 158 Å². The van der Waals surface area contributed by atoms with E-state index in [2.05, 4.69) is 177 Å². The molecule has 2 aliphatic heterocycles. The van der Waals surface area contributed by atoms with Gasteiger partial charge in [-0.05, 0) is 137 Å². The van der Waals surface area contributed by atoms with Gasteiger partial charge in [-0.15, -0.1) is 0 Å². The van der Waals surface area contributed by atoms with Crippen LogP contribution in [0.4, 0.5) is 0 Å². The smallest absolute Gasteiger partial charge is 0.260 e. The van der Waals surface area contributed by atoms with Crippen molar-refractivity contribution in [3.63, 3.8) is 0 Å². The van der Waals surface area contributed by atoms with Gasteiger partial charge < -0.3 is 9.05 Å².